The van der Waals surface area contributed by atoms with Gasteiger partial charge in [-0.1, -0.05) is 13.3 Å². The lowest BCUT2D eigenvalue weighted by Gasteiger charge is -2.11. The van der Waals surface area contributed by atoms with Crippen LogP contribution < -0.4 is 5.73 Å². The van der Waals surface area contributed by atoms with E-state index < -0.39 is 0 Å². The molecule has 0 aliphatic heterocycles. The van der Waals surface area contributed by atoms with Gasteiger partial charge in [-0.3, -0.25) is 0 Å². The molecule has 0 atom stereocenters. The van der Waals surface area contributed by atoms with Gasteiger partial charge in [-0.15, -0.1) is 11.8 Å². The summed E-state index contributed by atoms with van der Waals surface area (Å²) < 4.78 is 0. The third-order valence-corrected chi connectivity index (χ3v) is 3.23. The van der Waals surface area contributed by atoms with E-state index in [2.05, 4.69) is 35.9 Å². The number of nitrogen functional groups attached to an aromatic ring is 1. The Kier molecular flexibility index (Phi) is 5.55. The topological polar surface area (TPSA) is 55.0 Å². The lowest BCUT2D eigenvalue weighted by Crippen LogP contribution is -2.15. The largest absolute Gasteiger partial charge is 0.383 e. The van der Waals surface area contributed by atoms with Crippen LogP contribution in [0.25, 0.3) is 0 Å². The molecule has 0 aliphatic carbocycles. The predicted molar refractivity (Wildman–Crippen MR) is 69.7 cm³/mol. The molecule has 1 rings (SSSR count). The maximum atomic E-state index is 5.86. The second-order valence-corrected chi connectivity index (χ2v) is 5.03. The fourth-order valence-electron chi connectivity index (χ4n) is 1.34. The molecule has 1 aromatic rings. The minimum Gasteiger partial charge on any atom is -0.383 e. The van der Waals surface area contributed by atoms with Gasteiger partial charge >= 0.3 is 0 Å². The molecule has 0 bridgehead atoms. The molecule has 0 spiro atoms. The number of hydrogen-bond acceptors (Lipinski definition) is 5. The Labute approximate surface area is 102 Å². The molecule has 5 heteroatoms. The number of hydrogen-bond donors (Lipinski definition) is 1. The minimum atomic E-state index is 0.629. The van der Waals surface area contributed by atoms with Gasteiger partial charge in [-0.25, -0.2) is 9.97 Å². The van der Waals surface area contributed by atoms with Crippen molar-refractivity contribution in [3.63, 3.8) is 0 Å². The summed E-state index contributed by atoms with van der Waals surface area (Å²) in [4.78, 5) is 10.5. The van der Waals surface area contributed by atoms with E-state index in [1.807, 2.05) is 0 Å². The van der Waals surface area contributed by atoms with E-state index in [4.69, 9.17) is 5.73 Å². The zero-order valence-corrected chi connectivity index (χ0v) is 11.0. The number of rotatable bonds is 6. The first kappa shape index (κ1) is 13.3. The normalized spacial score (nSPS) is 11.0. The fourth-order valence-corrected chi connectivity index (χ4v) is 2.50. The van der Waals surface area contributed by atoms with Crippen molar-refractivity contribution in [3.8, 4) is 0 Å². The number of nitrogens with zero attached hydrogens (tertiary/aromatic N) is 3. The van der Waals surface area contributed by atoms with Crippen molar-refractivity contribution < 1.29 is 0 Å². The lowest BCUT2D eigenvalue weighted by atomic mass is 10.2. The lowest BCUT2D eigenvalue weighted by molar-refractivity contribution is 0.437. The molecule has 4 nitrogen and oxygen atoms in total. The van der Waals surface area contributed by atoms with Gasteiger partial charge < -0.3 is 10.6 Å². The molecule has 0 unspecified atom stereocenters. The van der Waals surface area contributed by atoms with Crippen LogP contribution in [0.15, 0.2) is 11.4 Å². The van der Waals surface area contributed by atoms with Crippen LogP contribution in [0.1, 0.15) is 18.9 Å². The summed E-state index contributed by atoms with van der Waals surface area (Å²) in [7, 11) is 4.14. The van der Waals surface area contributed by atoms with Crippen molar-refractivity contribution in [2.45, 2.75) is 24.8 Å². The Hall–Kier alpha value is -0.810. The summed E-state index contributed by atoms with van der Waals surface area (Å²) in [6.07, 6.45) is 3.57. The van der Waals surface area contributed by atoms with Crippen molar-refractivity contribution in [1.29, 1.82) is 0 Å². The quantitative estimate of drug-likeness (QED) is 0.605. The first-order valence-electron chi connectivity index (χ1n) is 5.52. The predicted octanol–water partition coefficient (Wildman–Crippen LogP) is 1.67. The molecule has 90 valence electrons. The Balaban J connectivity index is 2.66. The smallest absolute Gasteiger partial charge is 0.131 e. The van der Waals surface area contributed by atoms with E-state index in [-0.39, 0.29) is 0 Å². The Bertz CT molecular complexity index is 328. The minimum absolute atomic E-state index is 0.629. The second kappa shape index (κ2) is 6.70. The monoisotopic (exact) mass is 240 g/mol. The van der Waals surface area contributed by atoms with Crippen LogP contribution >= 0.6 is 11.8 Å². The van der Waals surface area contributed by atoms with Crippen molar-refractivity contribution in [2.75, 3.05) is 32.1 Å². The van der Waals surface area contributed by atoms with Crippen LogP contribution in [-0.4, -0.2) is 41.3 Å². The average molecular weight is 240 g/mol. The fraction of sp³-hybridized carbons (Fsp3) is 0.636. The van der Waals surface area contributed by atoms with E-state index in [1.165, 1.54) is 0 Å². The summed E-state index contributed by atoms with van der Waals surface area (Å²) in [6, 6.07) is 0. The van der Waals surface area contributed by atoms with Crippen LogP contribution in [0.2, 0.25) is 0 Å². The van der Waals surface area contributed by atoms with E-state index in [9.17, 15) is 0 Å². The molecule has 0 aromatic carbocycles. The van der Waals surface area contributed by atoms with Crippen LogP contribution in [-0.2, 0) is 6.42 Å². The molecule has 0 fully saturated rings. The number of thioether (sulfide) groups is 1. The summed E-state index contributed by atoms with van der Waals surface area (Å²) in [6.45, 7) is 3.18. The molecule has 0 radical (unpaired) electrons. The Morgan fingerprint density at radius 3 is 2.75 bits per heavy atom. The van der Waals surface area contributed by atoms with Crippen LogP contribution in [0, 0.1) is 0 Å². The Morgan fingerprint density at radius 1 is 1.38 bits per heavy atom. The van der Waals surface area contributed by atoms with Crippen LogP contribution in [0.3, 0.4) is 0 Å². The molecule has 0 amide bonds. The van der Waals surface area contributed by atoms with E-state index in [0.717, 1.165) is 35.7 Å². The third-order valence-electron chi connectivity index (χ3n) is 2.22. The van der Waals surface area contributed by atoms with E-state index >= 15 is 0 Å². The second-order valence-electron chi connectivity index (χ2n) is 3.94. The van der Waals surface area contributed by atoms with Crippen molar-refractivity contribution >= 4 is 17.6 Å². The number of anilines is 1. The van der Waals surface area contributed by atoms with E-state index in [0.29, 0.717) is 5.82 Å². The van der Waals surface area contributed by atoms with Gasteiger partial charge in [0.2, 0.25) is 0 Å². The zero-order chi connectivity index (χ0) is 12.0. The summed E-state index contributed by atoms with van der Waals surface area (Å²) in [5.41, 5.74) is 6.97. The van der Waals surface area contributed by atoms with E-state index in [1.54, 1.807) is 18.1 Å². The molecule has 16 heavy (non-hydrogen) atoms. The zero-order valence-electron chi connectivity index (χ0n) is 10.2. The van der Waals surface area contributed by atoms with Gasteiger partial charge in [0, 0.05) is 17.9 Å². The van der Waals surface area contributed by atoms with Crippen molar-refractivity contribution in [1.82, 2.24) is 14.9 Å². The number of nitrogens with two attached hydrogens (primary N) is 1. The molecular weight excluding hydrogens is 220 g/mol. The van der Waals surface area contributed by atoms with Gasteiger partial charge in [0.1, 0.15) is 17.2 Å². The van der Waals surface area contributed by atoms with Gasteiger partial charge in [0.05, 0.1) is 0 Å². The highest BCUT2D eigenvalue weighted by molar-refractivity contribution is 7.99. The molecule has 1 heterocycles. The molecule has 1 aromatic heterocycles. The summed E-state index contributed by atoms with van der Waals surface area (Å²) in [5, 5.41) is 1.04. The first-order valence-corrected chi connectivity index (χ1v) is 6.50. The number of aromatic nitrogens is 2. The molecule has 0 saturated heterocycles. The Morgan fingerprint density at radius 2 is 2.12 bits per heavy atom. The SMILES string of the molecule is CCCc1c(N)ncnc1SCCN(C)C. The van der Waals surface area contributed by atoms with Crippen molar-refractivity contribution in [3.05, 3.63) is 11.9 Å². The molecule has 2 N–H and O–H groups in total. The highest BCUT2D eigenvalue weighted by Crippen LogP contribution is 2.24. The maximum Gasteiger partial charge on any atom is 0.131 e. The molecule has 0 aliphatic rings. The highest BCUT2D eigenvalue weighted by Gasteiger charge is 2.08. The van der Waals surface area contributed by atoms with Gasteiger partial charge in [-0.05, 0) is 20.5 Å². The molecule has 0 saturated carbocycles. The maximum absolute atomic E-state index is 5.86. The van der Waals surface area contributed by atoms with Crippen LogP contribution in [0.5, 0.6) is 0 Å². The third kappa shape index (κ3) is 3.98. The first-order chi connectivity index (χ1) is 7.65. The highest BCUT2D eigenvalue weighted by atomic mass is 32.2. The van der Waals surface area contributed by atoms with Crippen molar-refractivity contribution in [2.24, 2.45) is 0 Å². The standard InChI is InChI=1S/C11H20N4S/c1-4-5-9-10(12)13-8-14-11(9)16-7-6-15(2)3/h8H,4-7H2,1-3H3,(H2,12,13,14). The van der Waals surface area contributed by atoms with Gasteiger partial charge in [-0.2, -0.15) is 0 Å². The van der Waals surface area contributed by atoms with Gasteiger partial charge in [0.15, 0.2) is 0 Å². The average Bonchev–Trinajstić information content (AvgIpc) is 2.22. The van der Waals surface area contributed by atoms with Gasteiger partial charge in [0.25, 0.3) is 0 Å². The summed E-state index contributed by atoms with van der Waals surface area (Å²) >= 11 is 1.76. The molecular formula is C11H20N4S. The summed E-state index contributed by atoms with van der Waals surface area (Å²) in [5.74, 6) is 1.66. The van der Waals surface area contributed by atoms with Crippen LogP contribution in [0.4, 0.5) is 5.82 Å².